The topological polar surface area (TPSA) is 24.9 Å². The summed E-state index contributed by atoms with van der Waals surface area (Å²) in [6.45, 7) is 2.16. The Hall–Kier alpha value is -1.71. The summed E-state index contributed by atoms with van der Waals surface area (Å²) in [7, 11) is 2.01. The molecule has 0 aliphatic heterocycles. The molecule has 0 bridgehead atoms. The predicted molar refractivity (Wildman–Crippen MR) is 81.7 cm³/mol. The van der Waals surface area contributed by atoms with Gasteiger partial charge in [-0.2, -0.15) is 0 Å². The maximum Gasteiger partial charge on any atom is 0.0753 e. The van der Waals surface area contributed by atoms with Crippen LogP contribution < -0.4 is 5.32 Å². The molecule has 0 radical (unpaired) electrons. The Balaban J connectivity index is 2.20. The fourth-order valence-corrected chi connectivity index (χ4v) is 3.52. The van der Waals surface area contributed by atoms with Crippen molar-refractivity contribution in [2.75, 3.05) is 7.05 Å². The molecule has 2 nitrogen and oxygen atoms in total. The lowest BCUT2D eigenvalue weighted by molar-refractivity contribution is 0.704. The first-order valence-corrected chi connectivity index (χ1v) is 7.24. The Kier molecular flexibility index (Phi) is 3.32. The van der Waals surface area contributed by atoms with Crippen molar-refractivity contribution in [1.29, 1.82) is 0 Å². The summed E-state index contributed by atoms with van der Waals surface area (Å²) in [5.41, 5.74) is 3.65. The maximum atomic E-state index is 4.55. The van der Waals surface area contributed by atoms with Crippen LogP contribution in [0.1, 0.15) is 22.0 Å². The zero-order chi connectivity index (χ0) is 13.2. The van der Waals surface area contributed by atoms with Gasteiger partial charge in [0.05, 0.1) is 11.6 Å². The van der Waals surface area contributed by atoms with Crippen LogP contribution in [0.5, 0.6) is 0 Å². The van der Waals surface area contributed by atoms with E-state index in [9.17, 15) is 0 Å². The van der Waals surface area contributed by atoms with Crippen LogP contribution >= 0.6 is 11.3 Å². The van der Waals surface area contributed by atoms with Crippen molar-refractivity contribution < 1.29 is 0 Å². The third-order valence-electron chi connectivity index (χ3n) is 3.43. The second-order valence-electron chi connectivity index (χ2n) is 4.61. The minimum Gasteiger partial charge on any atom is -0.309 e. The van der Waals surface area contributed by atoms with Crippen LogP contribution in [0.25, 0.3) is 10.9 Å². The van der Waals surface area contributed by atoms with Gasteiger partial charge in [-0.15, -0.1) is 11.3 Å². The molecule has 3 aromatic rings. The summed E-state index contributed by atoms with van der Waals surface area (Å²) >= 11 is 1.80. The van der Waals surface area contributed by atoms with E-state index in [0.29, 0.717) is 0 Å². The van der Waals surface area contributed by atoms with Crippen molar-refractivity contribution in [3.8, 4) is 0 Å². The number of nitrogens with zero attached hydrogens (tertiary/aromatic N) is 1. The molecular formula is C16H16N2S. The van der Waals surface area contributed by atoms with Crippen LogP contribution in [0.15, 0.2) is 48.0 Å². The van der Waals surface area contributed by atoms with Gasteiger partial charge < -0.3 is 5.32 Å². The number of rotatable bonds is 3. The van der Waals surface area contributed by atoms with Crippen LogP contribution in [0.3, 0.4) is 0 Å². The van der Waals surface area contributed by atoms with Gasteiger partial charge in [0.15, 0.2) is 0 Å². The Morgan fingerprint density at radius 1 is 1.16 bits per heavy atom. The van der Waals surface area contributed by atoms with E-state index in [0.717, 1.165) is 5.52 Å². The van der Waals surface area contributed by atoms with E-state index in [1.165, 1.54) is 21.4 Å². The van der Waals surface area contributed by atoms with E-state index < -0.39 is 0 Å². The zero-order valence-corrected chi connectivity index (χ0v) is 11.9. The lowest BCUT2D eigenvalue weighted by Gasteiger charge is -2.18. The van der Waals surface area contributed by atoms with Crippen LogP contribution in [-0.2, 0) is 0 Å². The summed E-state index contributed by atoms with van der Waals surface area (Å²) in [6.07, 6.45) is 1.86. The third-order valence-corrected chi connectivity index (χ3v) is 4.51. The molecule has 1 unspecified atom stereocenters. The smallest absolute Gasteiger partial charge is 0.0753 e. The standard InChI is InChI=1S/C16H16N2S/c1-11-8-10-19-16(11)15(17-2)13-7-3-5-12-6-4-9-18-14(12)13/h3-10,15,17H,1-2H3. The zero-order valence-electron chi connectivity index (χ0n) is 11.1. The number of para-hydroxylation sites is 1. The predicted octanol–water partition coefficient (Wildman–Crippen LogP) is 3.91. The van der Waals surface area contributed by atoms with Crippen LogP contribution in [0, 0.1) is 6.92 Å². The molecular weight excluding hydrogens is 252 g/mol. The van der Waals surface area contributed by atoms with Crippen LogP contribution in [-0.4, -0.2) is 12.0 Å². The summed E-state index contributed by atoms with van der Waals surface area (Å²) in [5.74, 6) is 0. The monoisotopic (exact) mass is 268 g/mol. The van der Waals surface area contributed by atoms with Crippen LogP contribution in [0.2, 0.25) is 0 Å². The normalized spacial score (nSPS) is 12.7. The molecule has 0 amide bonds. The number of hydrogen-bond donors (Lipinski definition) is 1. The molecule has 0 saturated heterocycles. The Bertz CT molecular complexity index is 697. The largest absolute Gasteiger partial charge is 0.309 e. The number of nitrogens with one attached hydrogen (secondary N) is 1. The molecule has 1 N–H and O–H groups in total. The Labute approximate surface area is 117 Å². The van der Waals surface area contributed by atoms with Gasteiger partial charge in [0.1, 0.15) is 0 Å². The molecule has 0 saturated carbocycles. The summed E-state index contributed by atoms with van der Waals surface area (Å²) < 4.78 is 0. The van der Waals surface area contributed by atoms with E-state index in [4.69, 9.17) is 0 Å². The molecule has 96 valence electrons. The van der Waals surface area contributed by atoms with Gasteiger partial charge in [-0.25, -0.2) is 0 Å². The van der Waals surface area contributed by atoms with Gasteiger partial charge in [-0.05, 0) is 37.0 Å². The molecule has 0 aliphatic carbocycles. The summed E-state index contributed by atoms with van der Waals surface area (Å²) in [5, 5.41) is 6.76. The number of fused-ring (bicyclic) bond motifs is 1. The number of pyridine rings is 1. The van der Waals surface area contributed by atoms with Crippen molar-refractivity contribution in [3.05, 3.63) is 64.0 Å². The molecule has 19 heavy (non-hydrogen) atoms. The second kappa shape index (κ2) is 5.11. The van der Waals surface area contributed by atoms with Gasteiger partial charge in [-0.3, -0.25) is 4.98 Å². The molecule has 3 heteroatoms. The summed E-state index contributed by atoms with van der Waals surface area (Å²) in [6, 6.07) is 12.8. The molecule has 0 fully saturated rings. The average Bonchev–Trinajstić information content (AvgIpc) is 2.86. The van der Waals surface area contributed by atoms with E-state index in [1.807, 2.05) is 19.3 Å². The van der Waals surface area contributed by atoms with Gasteiger partial charge in [-0.1, -0.05) is 24.3 Å². The highest BCUT2D eigenvalue weighted by atomic mass is 32.1. The van der Waals surface area contributed by atoms with Gasteiger partial charge >= 0.3 is 0 Å². The number of aryl methyl sites for hydroxylation is 1. The van der Waals surface area contributed by atoms with E-state index in [-0.39, 0.29) is 6.04 Å². The van der Waals surface area contributed by atoms with E-state index in [1.54, 1.807) is 11.3 Å². The minimum absolute atomic E-state index is 0.207. The van der Waals surface area contributed by atoms with Gasteiger partial charge in [0.25, 0.3) is 0 Å². The SMILES string of the molecule is CNC(c1sccc1C)c1cccc2cccnc12. The highest BCUT2D eigenvalue weighted by Gasteiger charge is 2.18. The van der Waals surface area contributed by atoms with Crippen molar-refractivity contribution in [2.24, 2.45) is 0 Å². The van der Waals surface area contributed by atoms with Gasteiger partial charge in [0.2, 0.25) is 0 Å². The first kappa shape index (κ1) is 12.3. The molecule has 1 atom stereocenters. The first-order chi connectivity index (χ1) is 9.31. The van der Waals surface area contributed by atoms with Crippen molar-refractivity contribution in [2.45, 2.75) is 13.0 Å². The molecule has 1 aromatic carbocycles. The Morgan fingerprint density at radius 3 is 2.74 bits per heavy atom. The lowest BCUT2D eigenvalue weighted by Crippen LogP contribution is -2.17. The Morgan fingerprint density at radius 2 is 2.00 bits per heavy atom. The summed E-state index contributed by atoms with van der Waals surface area (Å²) in [4.78, 5) is 5.92. The lowest BCUT2D eigenvalue weighted by atomic mass is 10.00. The van der Waals surface area contributed by atoms with E-state index in [2.05, 4.69) is 52.9 Å². The van der Waals surface area contributed by atoms with Crippen LogP contribution in [0.4, 0.5) is 0 Å². The molecule has 0 aliphatic rings. The van der Waals surface area contributed by atoms with Crippen molar-refractivity contribution >= 4 is 22.2 Å². The van der Waals surface area contributed by atoms with Crippen molar-refractivity contribution in [3.63, 3.8) is 0 Å². The highest BCUT2D eigenvalue weighted by molar-refractivity contribution is 7.10. The second-order valence-corrected chi connectivity index (χ2v) is 5.56. The number of thiophene rings is 1. The quantitative estimate of drug-likeness (QED) is 0.779. The van der Waals surface area contributed by atoms with Gasteiger partial charge in [0, 0.05) is 22.0 Å². The van der Waals surface area contributed by atoms with E-state index >= 15 is 0 Å². The third kappa shape index (κ3) is 2.15. The highest BCUT2D eigenvalue weighted by Crippen LogP contribution is 2.32. The average molecular weight is 268 g/mol. The molecule has 2 aromatic heterocycles. The molecule has 3 rings (SSSR count). The first-order valence-electron chi connectivity index (χ1n) is 6.36. The van der Waals surface area contributed by atoms with Crippen molar-refractivity contribution in [1.82, 2.24) is 10.3 Å². The molecule has 2 heterocycles. The fraction of sp³-hybridized carbons (Fsp3) is 0.188. The fourth-order valence-electron chi connectivity index (χ4n) is 2.47. The number of hydrogen-bond acceptors (Lipinski definition) is 3. The number of aromatic nitrogens is 1. The maximum absolute atomic E-state index is 4.55. The minimum atomic E-state index is 0.207. The molecule has 0 spiro atoms. The number of benzene rings is 1.